The maximum atomic E-state index is 8.53. The molecule has 60 valence electrons. The first kappa shape index (κ1) is 10.2. The summed E-state index contributed by atoms with van der Waals surface area (Å²) < 4.78 is 0. The summed E-state index contributed by atoms with van der Waals surface area (Å²) in [5, 5.41) is 10.7. The van der Waals surface area contributed by atoms with Crippen molar-refractivity contribution in [2.75, 3.05) is 17.3 Å². The van der Waals surface area contributed by atoms with Gasteiger partial charge in [0.05, 0.1) is 0 Å². The summed E-state index contributed by atoms with van der Waals surface area (Å²) in [6, 6.07) is 0. The highest BCUT2D eigenvalue weighted by Gasteiger charge is 2.17. The first-order valence-electron chi connectivity index (χ1n) is 3.58. The van der Waals surface area contributed by atoms with E-state index in [2.05, 4.69) is 26.2 Å². The predicted molar refractivity (Wildman–Crippen MR) is 52.4 cm³/mol. The van der Waals surface area contributed by atoms with Crippen LogP contribution in [0.5, 0.6) is 0 Å². The van der Waals surface area contributed by atoms with E-state index in [0.717, 1.165) is 0 Å². The summed E-state index contributed by atoms with van der Waals surface area (Å²) >= 11 is 0. The average Bonchev–Trinajstić information content (AvgIpc) is 2.01. The van der Waals surface area contributed by atoms with Gasteiger partial charge in [-0.25, -0.2) is 0 Å². The monoisotopic (exact) mass is 177 g/mol. The van der Waals surface area contributed by atoms with Crippen molar-refractivity contribution in [1.29, 1.82) is 5.26 Å². The van der Waals surface area contributed by atoms with Crippen LogP contribution in [0.1, 0.15) is 20.8 Å². The van der Waals surface area contributed by atoms with E-state index in [4.69, 9.17) is 5.26 Å². The minimum Gasteiger partial charge on any atom is -0.184 e. The lowest BCUT2D eigenvalue weighted by Crippen LogP contribution is -2.02. The van der Waals surface area contributed by atoms with Crippen molar-refractivity contribution >= 4 is 19.9 Å². The SMILES string of the molecule is CCS(CC)(CC)SC#N. The van der Waals surface area contributed by atoms with Gasteiger partial charge >= 0.3 is 0 Å². The van der Waals surface area contributed by atoms with E-state index in [0.29, 0.717) is 0 Å². The van der Waals surface area contributed by atoms with Crippen LogP contribution in [0.2, 0.25) is 0 Å². The van der Waals surface area contributed by atoms with Gasteiger partial charge in [-0.3, -0.25) is 0 Å². The van der Waals surface area contributed by atoms with Crippen molar-refractivity contribution in [3.05, 3.63) is 0 Å². The zero-order valence-corrected chi connectivity index (χ0v) is 8.52. The molecule has 0 saturated carbocycles. The first-order valence-corrected chi connectivity index (χ1v) is 7.06. The molecule has 0 aromatic rings. The Balaban J connectivity index is 4.04. The number of nitrogens with zero attached hydrogens (tertiary/aromatic N) is 1. The van der Waals surface area contributed by atoms with Crippen molar-refractivity contribution in [2.45, 2.75) is 20.8 Å². The molecule has 0 aliphatic heterocycles. The number of hydrogen-bond donors (Lipinski definition) is 0. The van der Waals surface area contributed by atoms with Gasteiger partial charge in [0.15, 0.2) is 0 Å². The van der Waals surface area contributed by atoms with Crippen LogP contribution in [0.15, 0.2) is 0 Å². The van der Waals surface area contributed by atoms with E-state index in [1.807, 2.05) is 0 Å². The molecule has 0 aliphatic rings. The van der Waals surface area contributed by atoms with Crippen molar-refractivity contribution in [2.24, 2.45) is 0 Å². The molecule has 0 radical (unpaired) electrons. The van der Waals surface area contributed by atoms with E-state index in [-0.39, 0.29) is 0 Å². The zero-order chi connectivity index (χ0) is 8.04. The van der Waals surface area contributed by atoms with Crippen molar-refractivity contribution in [1.82, 2.24) is 0 Å². The Morgan fingerprint density at radius 2 is 1.60 bits per heavy atom. The largest absolute Gasteiger partial charge is 0.184 e. The second kappa shape index (κ2) is 4.92. The van der Waals surface area contributed by atoms with Crippen LogP contribution in [-0.4, -0.2) is 17.3 Å². The second-order valence-corrected chi connectivity index (χ2v) is 8.64. The summed E-state index contributed by atoms with van der Waals surface area (Å²) in [6.45, 7) is 6.56. The van der Waals surface area contributed by atoms with E-state index in [1.165, 1.54) is 28.1 Å². The lowest BCUT2D eigenvalue weighted by Gasteiger charge is -2.32. The van der Waals surface area contributed by atoms with Crippen molar-refractivity contribution in [3.63, 3.8) is 0 Å². The summed E-state index contributed by atoms with van der Waals surface area (Å²) in [5.74, 6) is 3.54. The number of hydrogen-bond acceptors (Lipinski definition) is 2. The van der Waals surface area contributed by atoms with E-state index < -0.39 is 9.06 Å². The lowest BCUT2D eigenvalue weighted by atomic mass is 10.9. The number of nitriles is 1. The molecule has 0 rings (SSSR count). The molecule has 3 heteroatoms. The lowest BCUT2D eigenvalue weighted by molar-refractivity contribution is 1.37. The normalized spacial score (nSPS) is 12.6. The van der Waals surface area contributed by atoms with Crippen molar-refractivity contribution < 1.29 is 0 Å². The Kier molecular flexibility index (Phi) is 5.02. The summed E-state index contributed by atoms with van der Waals surface area (Å²) in [5.41, 5.74) is 0. The molecule has 1 nitrogen and oxygen atoms in total. The molecule has 0 aromatic carbocycles. The Labute approximate surface area is 68.9 Å². The molecule has 0 unspecified atom stereocenters. The van der Waals surface area contributed by atoms with Gasteiger partial charge in [0.2, 0.25) is 0 Å². The maximum Gasteiger partial charge on any atom is 0.143 e. The van der Waals surface area contributed by atoms with Crippen molar-refractivity contribution in [3.8, 4) is 5.40 Å². The van der Waals surface area contributed by atoms with E-state index in [1.54, 1.807) is 0 Å². The first-order chi connectivity index (χ1) is 4.74. The minimum absolute atomic E-state index is 0.605. The summed E-state index contributed by atoms with van der Waals surface area (Å²) in [6.07, 6.45) is 0. The molecule has 0 atom stereocenters. The highest BCUT2D eigenvalue weighted by atomic mass is 33.2. The summed E-state index contributed by atoms with van der Waals surface area (Å²) in [7, 11) is 0.908. The predicted octanol–water partition coefficient (Wildman–Crippen LogP) is 2.98. The molecule has 0 spiro atoms. The fourth-order valence-electron chi connectivity index (χ4n) is 0.868. The van der Waals surface area contributed by atoms with Crippen LogP contribution in [0.3, 0.4) is 0 Å². The van der Waals surface area contributed by atoms with Crippen LogP contribution in [0.4, 0.5) is 0 Å². The molecule has 0 heterocycles. The third-order valence-corrected chi connectivity index (χ3v) is 8.78. The summed E-state index contributed by atoms with van der Waals surface area (Å²) in [4.78, 5) is 0. The van der Waals surface area contributed by atoms with Gasteiger partial charge in [0.25, 0.3) is 0 Å². The Hall–Kier alpha value is 0.190. The quantitative estimate of drug-likeness (QED) is 0.487. The standard InChI is InChI=1S/C7H15NS2/c1-4-10(5-2,6-3)9-7-8/h4-6H2,1-3H3. The molecule has 0 fully saturated rings. The van der Waals surface area contributed by atoms with Gasteiger partial charge in [-0.2, -0.15) is 14.3 Å². The van der Waals surface area contributed by atoms with Crippen LogP contribution in [0, 0.1) is 10.7 Å². The fourth-order valence-corrected chi connectivity index (χ4v) is 4.14. The number of thiocyanates is 1. The number of rotatable bonds is 4. The van der Waals surface area contributed by atoms with Gasteiger partial charge in [0.1, 0.15) is 5.40 Å². The molecule has 0 aromatic heterocycles. The van der Waals surface area contributed by atoms with Gasteiger partial charge < -0.3 is 0 Å². The third kappa shape index (κ3) is 2.43. The van der Waals surface area contributed by atoms with E-state index in [9.17, 15) is 0 Å². The molecular weight excluding hydrogens is 162 g/mol. The molecular formula is C7H15NS2. The molecule has 0 aliphatic carbocycles. The Morgan fingerprint density at radius 1 is 1.20 bits per heavy atom. The Bertz CT molecular complexity index is 116. The highest BCUT2D eigenvalue weighted by Crippen LogP contribution is 2.58. The van der Waals surface area contributed by atoms with Gasteiger partial charge in [-0.1, -0.05) is 20.8 Å². The van der Waals surface area contributed by atoms with Gasteiger partial charge in [0, 0.05) is 10.8 Å². The van der Waals surface area contributed by atoms with Crippen LogP contribution in [-0.2, 0) is 0 Å². The van der Waals surface area contributed by atoms with Gasteiger partial charge in [-0.15, -0.1) is 0 Å². The van der Waals surface area contributed by atoms with Crippen LogP contribution in [0.25, 0.3) is 0 Å². The second-order valence-electron chi connectivity index (χ2n) is 2.01. The zero-order valence-electron chi connectivity index (χ0n) is 6.89. The average molecular weight is 177 g/mol. The molecule has 0 amide bonds. The minimum atomic E-state index is -0.605. The van der Waals surface area contributed by atoms with E-state index >= 15 is 0 Å². The molecule has 0 N–H and O–H groups in total. The Morgan fingerprint density at radius 3 is 1.70 bits per heavy atom. The van der Waals surface area contributed by atoms with Crippen LogP contribution >= 0.6 is 19.9 Å². The smallest absolute Gasteiger partial charge is 0.143 e. The fraction of sp³-hybridized carbons (Fsp3) is 0.857. The highest BCUT2D eigenvalue weighted by molar-refractivity contribution is 8.95. The van der Waals surface area contributed by atoms with Gasteiger partial charge in [-0.05, 0) is 17.3 Å². The maximum absolute atomic E-state index is 8.53. The molecule has 0 bridgehead atoms. The molecule has 0 saturated heterocycles. The van der Waals surface area contributed by atoms with Crippen LogP contribution < -0.4 is 0 Å². The third-order valence-electron chi connectivity index (χ3n) is 1.79. The molecule has 10 heavy (non-hydrogen) atoms. The topological polar surface area (TPSA) is 23.8 Å².